The van der Waals surface area contributed by atoms with Crippen molar-refractivity contribution < 1.29 is 4.79 Å². The summed E-state index contributed by atoms with van der Waals surface area (Å²) in [6.45, 7) is 9.97. The molecule has 0 aliphatic rings. The molecule has 39 heavy (non-hydrogen) atoms. The second-order valence-electron chi connectivity index (χ2n) is 9.66. The van der Waals surface area contributed by atoms with Crippen molar-refractivity contribution in [2.45, 2.75) is 51.4 Å². The number of benzene rings is 3. The number of amides is 1. The number of para-hydroxylation sites is 1. The van der Waals surface area contributed by atoms with E-state index in [1.165, 1.54) is 11.8 Å². The topological polar surface area (TPSA) is 64.0 Å². The Morgan fingerprint density at radius 2 is 1.74 bits per heavy atom. The summed E-state index contributed by atoms with van der Waals surface area (Å²) >= 11 is 2.85. The van der Waals surface area contributed by atoms with Gasteiger partial charge in [0.05, 0.1) is 16.3 Å². The fraction of sp³-hybridized carbons (Fsp3) is 0.219. The van der Waals surface area contributed by atoms with Crippen molar-refractivity contribution >= 4 is 44.9 Å². The first-order chi connectivity index (χ1) is 18.8. The van der Waals surface area contributed by atoms with E-state index < -0.39 is 5.25 Å². The van der Waals surface area contributed by atoms with Crippen LogP contribution in [0.15, 0.2) is 82.7 Å². The van der Waals surface area contributed by atoms with E-state index in [2.05, 4.69) is 12.2 Å². The predicted octanol–water partition coefficient (Wildman–Crippen LogP) is 7.72. The molecule has 1 amide bonds. The fourth-order valence-electron chi connectivity index (χ4n) is 4.78. The third-order valence-corrected chi connectivity index (χ3v) is 8.97. The van der Waals surface area contributed by atoms with Crippen LogP contribution in [0, 0.1) is 20.8 Å². The van der Waals surface area contributed by atoms with Crippen LogP contribution in [0.2, 0.25) is 0 Å². The molecule has 0 saturated carbocycles. The SMILES string of the molecule is CCc1c(C)sc2nc(SC(C)C(=O)Nc3ccccc3-c3ccccc3)n(-c3cc(C)ccc3C)c(=O)c12. The van der Waals surface area contributed by atoms with Crippen LogP contribution in [-0.2, 0) is 11.2 Å². The molecular formula is C32H31N3O2S2. The van der Waals surface area contributed by atoms with Crippen molar-refractivity contribution in [1.29, 1.82) is 0 Å². The van der Waals surface area contributed by atoms with Gasteiger partial charge in [-0.3, -0.25) is 14.2 Å². The lowest BCUT2D eigenvalue weighted by Crippen LogP contribution is -2.26. The molecule has 198 valence electrons. The Balaban J connectivity index is 1.55. The third kappa shape index (κ3) is 5.29. The molecule has 3 aromatic carbocycles. The number of nitrogens with zero attached hydrogens (tertiary/aromatic N) is 2. The largest absolute Gasteiger partial charge is 0.325 e. The number of thiophene rings is 1. The number of anilines is 1. The first kappa shape index (κ1) is 26.9. The van der Waals surface area contributed by atoms with Crippen molar-refractivity contribution in [2.75, 3.05) is 5.32 Å². The summed E-state index contributed by atoms with van der Waals surface area (Å²) in [6.07, 6.45) is 0.766. The van der Waals surface area contributed by atoms with E-state index in [4.69, 9.17) is 4.98 Å². The normalized spacial score (nSPS) is 12.0. The van der Waals surface area contributed by atoms with Crippen LogP contribution in [-0.4, -0.2) is 20.7 Å². The quantitative estimate of drug-likeness (QED) is 0.166. The highest BCUT2D eigenvalue weighted by Crippen LogP contribution is 2.33. The van der Waals surface area contributed by atoms with E-state index in [9.17, 15) is 9.59 Å². The summed E-state index contributed by atoms with van der Waals surface area (Å²) in [7, 11) is 0. The van der Waals surface area contributed by atoms with Gasteiger partial charge in [0.15, 0.2) is 5.16 Å². The van der Waals surface area contributed by atoms with Gasteiger partial charge in [-0.2, -0.15) is 0 Å². The highest BCUT2D eigenvalue weighted by molar-refractivity contribution is 8.00. The Hall–Kier alpha value is -3.68. The number of hydrogen-bond donors (Lipinski definition) is 1. The van der Waals surface area contributed by atoms with Crippen LogP contribution in [0.25, 0.3) is 27.0 Å². The molecule has 0 radical (unpaired) electrons. The Labute approximate surface area is 236 Å². The predicted molar refractivity (Wildman–Crippen MR) is 165 cm³/mol. The van der Waals surface area contributed by atoms with E-state index in [1.54, 1.807) is 15.9 Å². The number of aryl methyl sites for hydroxylation is 4. The van der Waals surface area contributed by atoms with Crippen molar-refractivity contribution in [3.8, 4) is 16.8 Å². The number of nitrogens with one attached hydrogen (secondary N) is 1. The molecule has 2 heterocycles. The van der Waals surface area contributed by atoms with E-state index in [0.29, 0.717) is 10.5 Å². The van der Waals surface area contributed by atoms with E-state index >= 15 is 0 Å². The number of thioether (sulfide) groups is 1. The van der Waals surface area contributed by atoms with Crippen LogP contribution < -0.4 is 10.9 Å². The number of fused-ring (bicyclic) bond motifs is 1. The van der Waals surface area contributed by atoms with Crippen LogP contribution in [0.5, 0.6) is 0 Å². The Morgan fingerprint density at radius 1 is 1.03 bits per heavy atom. The average Bonchev–Trinajstić information content (AvgIpc) is 3.26. The van der Waals surface area contributed by atoms with Gasteiger partial charge < -0.3 is 5.32 Å². The molecule has 1 unspecified atom stereocenters. The average molecular weight is 554 g/mol. The summed E-state index contributed by atoms with van der Waals surface area (Å²) in [5, 5.41) is 3.81. The minimum absolute atomic E-state index is 0.0839. The monoisotopic (exact) mass is 553 g/mol. The Bertz CT molecular complexity index is 1740. The zero-order valence-corrected chi connectivity index (χ0v) is 24.4. The van der Waals surface area contributed by atoms with Crippen LogP contribution in [0.3, 0.4) is 0 Å². The van der Waals surface area contributed by atoms with Gasteiger partial charge in [0.25, 0.3) is 5.56 Å². The lowest BCUT2D eigenvalue weighted by molar-refractivity contribution is -0.115. The molecule has 0 aliphatic carbocycles. The number of hydrogen-bond acceptors (Lipinski definition) is 5. The van der Waals surface area contributed by atoms with Gasteiger partial charge in [0.1, 0.15) is 4.83 Å². The van der Waals surface area contributed by atoms with Crippen LogP contribution in [0.4, 0.5) is 5.69 Å². The van der Waals surface area contributed by atoms with E-state index in [0.717, 1.165) is 55.3 Å². The zero-order valence-electron chi connectivity index (χ0n) is 22.7. The van der Waals surface area contributed by atoms with Crippen molar-refractivity contribution in [1.82, 2.24) is 9.55 Å². The van der Waals surface area contributed by atoms with Gasteiger partial charge in [-0.15, -0.1) is 11.3 Å². The number of rotatable bonds is 7. The number of carbonyl (C=O) groups is 1. The van der Waals surface area contributed by atoms with Gasteiger partial charge in [0.2, 0.25) is 5.91 Å². The van der Waals surface area contributed by atoms with Gasteiger partial charge in [-0.1, -0.05) is 79.3 Å². The lowest BCUT2D eigenvalue weighted by atomic mass is 10.0. The van der Waals surface area contributed by atoms with Crippen molar-refractivity contribution in [2.24, 2.45) is 0 Å². The molecule has 0 fully saturated rings. The molecule has 1 N–H and O–H groups in total. The maximum absolute atomic E-state index is 14.1. The van der Waals surface area contributed by atoms with Gasteiger partial charge in [-0.25, -0.2) is 4.98 Å². The minimum atomic E-state index is -0.499. The zero-order chi connectivity index (χ0) is 27.7. The molecular weight excluding hydrogens is 523 g/mol. The number of carbonyl (C=O) groups excluding carboxylic acids is 1. The smallest absolute Gasteiger partial charge is 0.267 e. The first-order valence-electron chi connectivity index (χ1n) is 13.0. The summed E-state index contributed by atoms with van der Waals surface area (Å²) in [4.78, 5) is 34.3. The minimum Gasteiger partial charge on any atom is -0.325 e. The van der Waals surface area contributed by atoms with Gasteiger partial charge in [-0.05, 0) is 68.5 Å². The molecule has 5 aromatic rings. The van der Waals surface area contributed by atoms with Gasteiger partial charge in [0, 0.05) is 16.1 Å². The van der Waals surface area contributed by atoms with E-state index in [1.807, 2.05) is 100 Å². The first-order valence-corrected chi connectivity index (χ1v) is 14.7. The van der Waals surface area contributed by atoms with Gasteiger partial charge >= 0.3 is 0 Å². The summed E-state index contributed by atoms with van der Waals surface area (Å²) in [5.74, 6) is -0.151. The maximum atomic E-state index is 14.1. The van der Waals surface area contributed by atoms with E-state index in [-0.39, 0.29) is 11.5 Å². The van der Waals surface area contributed by atoms with Crippen LogP contribution in [0.1, 0.15) is 35.4 Å². The second kappa shape index (κ2) is 11.2. The molecule has 0 bridgehead atoms. The maximum Gasteiger partial charge on any atom is 0.267 e. The van der Waals surface area contributed by atoms with Crippen molar-refractivity contribution in [3.63, 3.8) is 0 Å². The molecule has 0 saturated heterocycles. The molecule has 7 heteroatoms. The second-order valence-corrected chi connectivity index (χ2v) is 12.2. The lowest BCUT2D eigenvalue weighted by Gasteiger charge is -2.18. The fourth-order valence-corrected chi connectivity index (χ4v) is 6.86. The summed E-state index contributed by atoms with van der Waals surface area (Å²) in [6, 6.07) is 23.9. The number of aromatic nitrogens is 2. The molecule has 5 rings (SSSR count). The summed E-state index contributed by atoms with van der Waals surface area (Å²) in [5.41, 5.74) is 6.53. The highest BCUT2D eigenvalue weighted by Gasteiger charge is 2.24. The third-order valence-electron chi connectivity index (χ3n) is 6.88. The molecule has 5 nitrogen and oxygen atoms in total. The molecule has 0 aliphatic heterocycles. The standard InChI is InChI=1S/C32H31N3O2S2/c1-6-24-21(4)38-30-28(24)31(37)35(27-18-19(2)16-17-20(27)3)32(34-30)39-22(5)29(36)33-26-15-11-10-14-25(26)23-12-8-7-9-13-23/h7-18,22H,6H2,1-5H3,(H,33,36). The highest BCUT2D eigenvalue weighted by atomic mass is 32.2. The molecule has 1 atom stereocenters. The van der Waals surface area contributed by atoms with Crippen LogP contribution >= 0.6 is 23.1 Å². The molecule has 0 spiro atoms. The summed E-state index contributed by atoms with van der Waals surface area (Å²) < 4.78 is 1.70. The molecule has 2 aromatic heterocycles. The Kier molecular flexibility index (Phi) is 7.73. The van der Waals surface area contributed by atoms with Crippen molar-refractivity contribution in [3.05, 3.63) is 105 Å². The Morgan fingerprint density at radius 3 is 2.49 bits per heavy atom.